The van der Waals surface area contributed by atoms with Crippen molar-refractivity contribution in [1.29, 1.82) is 0 Å². The minimum absolute atomic E-state index is 0.271. The largest absolute Gasteiger partial charge is 0.481 e. The van der Waals surface area contributed by atoms with E-state index in [1.807, 2.05) is 12.2 Å². The zero-order valence-electron chi connectivity index (χ0n) is 20.8. The maximum absolute atomic E-state index is 6.71. The molecule has 0 amide bonds. The summed E-state index contributed by atoms with van der Waals surface area (Å²) in [5.41, 5.74) is 1.82. The van der Waals surface area contributed by atoms with Gasteiger partial charge in [0.25, 0.3) is 0 Å². The van der Waals surface area contributed by atoms with Crippen LogP contribution in [0.3, 0.4) is 0 Å². The smallest absolute Gasteiger partial charge is 0.437 e. The Bertz CT molecular complexity index is 548. The Morgan fingerprint density at radius 3 is 1.90 bits per heavy atom. The third-order valence-corrected chi connectivity index (χ3v) is 20.9. The maximum Gasteiger partial charge on any atom is 0.481 e. The van der Waals surface area contributed by atoms with Gasteiger partial charge in [-0.05, 0) is 65.3 Å². The SMILES string of the molecule is C=C[Si](C)(O[Si](C)(C)O[Si](C)(C)C)O[Si](CCCOCC1CO1)(OC)O[Si](C)(C)C. The van der Waals surface area contributed by atoms with Crippen molar-refractivity contribution < 1.29 is 30.4 Å². The van der Waals surface area contributed by atoms with Crippen molar-refractivity contribution in [3.8, 4) is 0 Å². The topological polar surface area (TPSA) is 67.9 Å². The van der Waals surface area contributed by atoms with E-state index in [9.17, 15) is 0 Å². The fourth-order valence-corrected chi connectivity index (χ4v) is 23.8. The van der Waals surface area contributed by atoms with E-state index in [0.29, 0.717) is 19.3 Å². The third kappa shape index (κ3) is 12.0. The van der Waals surface area contributed by atoms with Gasteiger partial charge in [0, 0.05) is 19.8 Å². The van der Waals surface area contributed by atoms with E-state index in [-0.39, 0.29) is 6.10 Å². The molecule has 0 radical (unpaired) electrons. The number of hydrogen-bond donors (Lipinski definition) is 0. The van der Waals surface area contributed by atoms with Crippen LogP contribution in [0.1, 0.15) is 6.42 Å². The fraction of sp³-hybridized carbons (Fsp3) is 0.889. The van der Waals surface area contributed by atoms with E-state index < -0.39 is 42.6 Å². The predicted octanol–water partition coefficient (Wildman–Crippen LogP) is 4.61. The molecule has 1 heterocycles. The molecule has 0 bridgehead atoms. The minimum atomic E-state index is -2.99. The second-order valence-electron chi connectivity index (χ2n) is 10.3. The van der Waals surface area contributed by atoms with Gasteiger partial charge in [0.05, 0.1) is 13.2 Å². The fourth-order valence-electron chi connectivity index (χ4n) is 3.20. The molecule has 1 aliphatic heterocycles. The molecule has 0 N–H and O–H groups in total. The quantitative estimate of drug-likeness (QED) is 0.170. The van der Waals surface area contributed by atoms with Crippen LogP contribution in [0.4, 0.5) is 0 Å². The summed E-state index contributed by atoms with van der Waals surface area (Å²) in [5, 5.41) is 0. The van der Waals surface area contributed by atoms with Crippen molar-refractivity contribution in [2.45, 2.75) is 77.5 Å². The highest BCUT2D eigenvalue weighted by atomic mass is 28.5. The van der Waals surface area contributed by atoms with E-state index in [0.717, 1.165) is 13.0 Å². The van der Waals surface area contributed by atoms with Gasteiger partial charge in [0.2, 0.25) is 0 Å². The van der Waals surface area contributed by atoms with Crippen LogP contribution in [0.25, 0.3) is 0 Å². The van der Waals surface area contributed by atoms with Crippen LogP contribution in [0.5, 0.6) is 0 Å². The Labute approximate surface area is 189 Å². The third-order valence-electron chi connectivity index (χ3n) is 3.98. The summed E-state index contributed by atoms with van der Waals surface area (Å²) in [6.45, 7) is 25.3. The first-order valence-corrected chi connectivity index (χ1v) is 24.7. The number of rotatable bonds is 16. The molecular weight excluding hydrogens is 469 g/mol. The molecule has 0 aromatic rings. The van der Waals surface area contributed by atoms with Crippen LogP contribution in [-0.2, 0) is 30.4 Å². The lowest BCUT2D eigenvalue weighted by Crippen LogP contribution is -2.61. The van der Waals surface area contributed by atoms with Crippen LogP contribution >= 0.6 is 0 Å². The van der Waals surface area contributed by atoms with Gasteiger partial charge >= 0.3 is 25.9 Å². The lowest BCUT2D eigenvalue weighted by molar-refractivity contribution is 0.111. The van der Waals surface area contributed by atoms with Gasteiger partial charge < -0.3 is 30.4 Å². The van der Waals surface area contributed by atoms with Gasteiger partial charge in [-0.15, -0.1) is 6.58 Å². The van der Waals surface area contributed by atoms with Gasteiger partial charge in [-0.3, -0.25) is 0 Å². The Morgan fingerprint density at radius 1 is 0.900 bits per heavy atom. The zero-order chi connectivity index (χ0) is 23.3. The first-order valence-electron chi connectivity index (χ1n) is 10.7. The molecule has 1 fully saturated rings. The van der Waals surface area contributed by atoms with E-state index in [1.54, 1.807) is 7.11 Å². The van der Waals surface area contributed by atoms with Crippen molar-refractivity contribution in [2.24, 2.45) is 0 Å². The van der Waals surface area contributed by atoms with Gasteiger partial charge in [-0.25, -0.2) is 0 Å². The number of ether oxygens (including phenoxy) is 2. The molecule has 7 nitrogen and oxygen atoms in total. The Kier molecular flexibility index (Phi) is 10.6. The predicted molar refractivity (Wildman–Crippen MR) is 133 cm³/mol. The Hall–Kier alpha value is 0.544. The summed E-state index contributed by atoms with van der Waals surface area (Å²) >= 11 is 0. The van der Waals surface area contributed by atoms with Crippen LogP contribution in [-0.4, -0.2) is 75.6 Å². The van der Waals surface area contributed by atoms with Gasteiger partial charge in [-0.2, -0.15) is 0 Å². The average molecular weight is 513 g/mol. The standard InChI is InChI=1S/C18H44O7Si5/c1-12-29(11,24-28(9,10)22-26(3,4)5)25-30(19-2,23-27(6,7)8)15-13-14-20-16-18-17-21-18/h12,18H,1,13-17H2,2-11H3. The molecule has 1 saturated heterocycles. The van der Waals surface area contributed by atoms with Crippen molar-refractivity contribution in [2.75, 3.05) is 26.9 Å². The lowest BCUT2D eigenvalue weighted by Gasteiger charge is -2.42. The van der Waals surface area contributed by atoms with Crippen molar-refractivity contribution >= 4 is 42.6 Å². The van der Waals surface area contributed by atoms with Crippen LogP contribution < -0.4 is 0 Å². The molecule has 0 aliphatic carbocycles. The van der Waals surface area contributed by atoms with Gasteiger partial charge in [0.1, 0.15) is 6.10 Å². The molecule has 0 aromatic heterocycles. The van der Waals surface area contributed by atoms with Gasteiger partial charge in [-0.1, -0.05) is 5.70 Å². The van der Waals surface area contributed by atoms with E-state index in [1.165, 1.54) is 0 Å². The summed E-state index contributed by atoms with van der Waals surface area (Å²) in [4.78, 5) is 0. The monoisotopic (exact) mass is 512 g/mol. The summed E-state index contributed by atoms with van der Waals surface area (Å²) in [5.74, 6) is 0. The molecule has 178 valence electrons. The van der Waals surface area contributed by atoms with Crippen LogP contribution in [0.15, 0.2) is 12.3 Å². The second-order valence-corrected chi connectivity index (χ2v) is 29.5. The van der Waals surface area contributed by atoms with Gasteiger partial charge in [0.15, 0.2) is 16.6 Å². The molecule has 0 spiro atoms. The second kappa shape index (κ2) is 11.1. The van der Waals surface area contributed by atoms with Crippen molar-refractivity contribution in [1.82, 2.24) is 0 Å². The first-order chi connectivity index (χ1) is 13.5. The van der Waals surface area contributed by atoms with E-state index in [4.69, 9.17) is 30.4 Å². The molecule has 1 aliphatic rings. The highest BCUT2D eigenvalue weighted by molar-refractivity contribution is 6.91. The Balaban J connectivity index is 2.91. The van der Waals surface area contributed by atoms with Crippen molar-refractivity contribution in [3.05, 3.63) is 12.3 Å². The molecule has 0 saturated carbocycles. The molecule has 3 unspecified atom stereocenters. The minimum Gasteiger partial charge on any atom is -0.437 e. The van der Waals surface area contributed by atoms with E-state index >= 15 is 0 Å². The normalized spacial score (nSPS) is 21.7. The average Bonchev–Trinajstić information content (AvgIpc) is 3.34. The lowest BCUT2D eigenvalue weighted by atomic mass is 10.5. The first kappa shape index (κ1) is 28.6. The summed E-state index contributed by atoms with van der Waals surface area (Å²) in [7, 11) is -10.2. The Morgan fingerprint density at radius 2 is 1.47 bits per heavy atom. The summed E-state index contributed by atoms with van der Waals surface area (Å²) < 4.78 is 43.2. The summed E-state index contributed by atoms with van der Waals surface area (Å²) in [6.07, 6.45) is 1.07. The highest BCUT2D eigenvalue weighted by Gasteiger charge is 2.51. The highest BCUT2D eigenvalue weighted by Crippen LogP contribution is 2.30. The van der Waals surface area contributed by atoms with Crippen molar-refractivity contribution in [3.63, 3.8) is 0 Å². The molecular formula is C18H44O7Si5. The number of epoxide rings is 1. The summed E-state index contributed by atoms with van der Waals surface area (Å²) in [6, 6.07) is 0.677. The molecule has 3 atom stereocenters. The molecule has 1 rings (SSSR count). The van der Waals surface area contributed by atoms with Crippen LogP contribution in [0, 0.1) is 0 Å². The number of hydrogen-bond acceptors (Lipinski definition) is 7. The molecule has 0 aromatic carbocycles. The molecule has 30 heavy (non-hydrogen) atoms. The van der Waals surface area contributed by atoms with Crippen LogP contribution in [0.2, 0.25) is 65.0 Å². The molecule has 12 heteroatoms. The maximum atomic E-state index is 6.71. The zero-order valence-corrected chi connectivity index (χ0v) is 25.8. The van der Waals surface area contributed by atoms with E-state index in [2.05, 4.69) is 59.0 Å².